The van der Waals surface area contributed by atoms with Crippen LogP contribution in [0.2, 0.25) is 0 Å². The number of hydrogen-bond acceptors (Lipinski definition) is 9. The topological polar surface area (TPSA) is 115 Å². The second-order valence-electron chi connectivity index (χ2n) is 5.47. The average molecular weight is 406 g/mol. The number of nitrogens with zero attached hydrogens (tertiary/aromatic N) is 1. The van der Waals surface area contributed by atoms with Crippen LogP contribution in [-0.2, 0) is 20.7 Å². The highest BCUT2D eigenvalue weighted by atomic mass is 32.1. The highest BCUT2D eigenvalue weighted by Gasteiger charge is 2.25. The first-order chi connectivity index (χ1) is 12.9. The van der Waals surface area contributed by atoms with Gasteiger partial charge in [-0.3, -0.25) is 14.4 Å². The largest absolute Gasteiger partial charge is 0.465 e. The molecular formula is C17H14N2O6S2. The first kappa shape index (κ1) is 18.9. The van der Waals surface area contributed by atoms with Crippen molar-refractivity contribution in [2.75, 3.05) is 13.7 Å². The summed E-state index contributed by atoms with van der Waals surface area (Å²) in [7, 11) is 1.21. The van der Waals surface area contributed by atoms with Crippen molar-refractivity contribution in [2.45, 2.75) is 13.3 Å². The van der Waals surface area contributed by atoms with Crippen molar-refractivity contribution < 1.29 is 23.9 Å². The Morgan fingerprint density at radius 1 is 1.30 bits per heavy atom. The van der Waals surface area contributed by atoms with Crippen molar-refractivity contribution >= 4 is 50.6 Å². The minimum atomic E-state index is -0.732. The molecule has 3 rings (SSSR count). The molecule has 0 bridgehead atoms. The van der Waals surface area contributed by atoms with Gasteiger partial charge in [-0.1, -0.05) is 6.07 Å². The molecule has 140 valence electrons. The van der Waals surface area contributed by atoms with E-state index in [2.05, 4.69) is 9.97 Å². The van der Waals surface area contributed by atoms with Crippen molar-refractivity contribution in [3.05, 3.63) is 49.0 Å². The van der Waals surface area contributed by atoms with E-state index in [1.807, 2.05) is 0 Å². The van der Waals surface area contributed by atoms with Crippen molar-refractivity contribution in [3.63, 3.8) is 0 Å². The molecular weight excluding hydrogens is 392 g/mol. The monoisotopic (exact) mass is 406 g/mol. The predicted octanol–water partition coefficient (Wildman–Crippen LogP) is 2.11. The van der Waals surface area contributed by atoms with Gasteiger partial charge in [0.1, 0.15) is 15.5 Å². The lowest BCUT2D eigenvalue weighted by Gasteiger charge is -2.05. The Kier molecular flexibility index (Phi) is 5.47. The lowest BCUT2D eigenvalue weighted by molar-refractivity contribution is -0.141. The summed E-state index contributed by atoms with van der Waals surface area (Å²) in [5.74, 6) is -1.34. The molecule has 27 heavy (non-hydrogen) atoms. The van der Waals surface area contributed by atoms with Crippen LogP contribution in [0.25, 0.3) is 10.2 Å². The highest BCUT2D eigenvalue weighted by Crippen LogP contribution is 2.29. The first-order valence-corrected chi connectivity index (χ1v) is 9.43. The number of aromatic nitrogens is 2. The summed E-state index contributed by atoms with van der Waals surface area (Å²) in [5, 5.41) is 1.89. The number of carbonyl (C=O) groups excluding carboxylic acids is 3. The van der Waals surface area contributed by atoms with Crippen molar-refractivity contribution in [1.29, 1.82) is 0 Å². The van der Waals surface area contributed by atoms with Crippen LogP contribution in [0.1, 0.15) is 30.7 Å². The van der Waals surface area contributed by atoms with Crippen LogP contribution in [0, 0.1) is 6.92 Å². The molecule has 10 heteroatoms. The lowest BCUT2D eigenvalue weighted by atomic mass is 10.1. The zero-order chi connectivity index (χ0) is 19.6. The minimum Gasteiger partial charge on any atom is -0.465 e. The molecule has 3 aromatic heterocycles. The van der Waals surface area contributed by atoms with Crippen molar-refractivity contribution in [2.24, 2.45) is 0 Å². The van der Waals surface area contributed by atoms with Gasteiger partial charge in [0.15, 0.2) is 6.61 Å². The lowest BCUT2D eigenvalue weighted by Crippen LogP contribution is -2.17. The molecule has 0 atom stereocenters. The number of ketones is 1. The summed E-state index contributed by atoms with van der Waals surface area (Å²) < 4.78 is 9.75. The number of thiophene rings is 2. The molecule has 0 amide bonds. The zero-order valence-corrected chi connectivity index (χ0v) is 16.0. The number of carbonyl (C=O) groups is 3. The second-order valence-corrected chi connectivity index (χ2v) is 7.42. The third kappa shape index (κ3) is 3.96. The van der Waals surface area contributed by atoms with Crippen LogP contribution in [0.3, 0.4) is 0 Å². The molecule has 0 aromatic carbocycles. The van der Waals surface area contributed by atoms with Gasteiger partial charge in [0.2, 0.25) is 5.78 Å². The Morgan fingerprint density at radius 3 is 2.74 bits per heavy atom. The average Bonchev–Trinajstić information content (AvgIpc) is 3.27. The molecule has 3 aromatic rings. The van der Waals surface area contributed by atoms with Crippen molar-refractivity contribution in [1.82, 2.24) is 9.97 Å². The molecule has 0 aliphatic carbocycles. The summed E-state index contributed by atoms with van der Waals surface area (Å²) in [6.45, 7) is 1.20. The fourth-order valence-electron chi connectivity index (χ4n) is 2.45. The van der Waals surface area contributed by atoms with Crippen LogP contribution < -0.4 is 5.56 Å². The number of hydrogen-bond donors (Lipinski definition) is 1. The van der Waals surface area contributed by atoms with Gasteiger partial charge in [0.25, 0.3) is 5.56 Å². The first-order valence-electron chi connectivity index (χ1n) is 7.73. The van der Waals surface area contributed by atoms with Gasteiger partial charge >= 0.3 is 11.9 Å². The fourth-order valence-corrected chi connectivity index (χ4v) is 4.26. The maximum Gasteiger partial charge on any atom is 0.348 e. The summed E-state index contributed by atoms with van der Waals surface area (Å²) >= 11 is 2.22. The predicted molar refractivity (Wildman–Crippen MR) is 99.6 cm³/mol. The third-order valence-corrected chi connectivity index (χ3v) is 5.65. The summed E-state index contributed by atoms with van der Waals surface area (Å²) in [4.78, 5) is 56.2. The van der Waals surface area contributed by atoms with E-state index >= 15 is 0 Å². The second kappa shape index (κ2) is 7.80. The number of H-pyrrole nitrogens is 1. The molecule has 0 unspecified atom stereocenters. The van der Waals surface area contributed by atoms with Gasteiger partial charge in [-0.25, -0.2) is 9.78 Å². The number of nitrogens with one attached hydrogen (secondary N) is 1. The Balaban J connectivity index is 1.86. The summed E-state index contributed by atoms with van der Waals surface area (Å²) in [6.07, 6.45) is -0.351. The number of ether oxygens (including phenoxy) is 2. The molecule has 8 nitrogen and oxygen atoms in total. The van der Waals surface area contributed by atoms with Crippen LogP contribution >= 0.6 is 22.7 Å². The molecule has 3 heterocycles. The highest BCUT2D eigenvalue weighted by molar-refractivity contribution is 7.20. The number of rotatable bonds is 6. The SMILES string of the molecule is COC(=O)c1sc2nc(C)[nH]c(=O)c2c1CC(=O)OCC(=O)c1cccs1. The summed E-state index contributed by atoms with van der Waals surface area (Å²) in [5.41, 5.74) is -0.273. The standard InChI is InChI=1S/C17H14N2O6S2/c1-8-18-15(22)13-9(14(17(23)24-2)27-16(13)19-8)6-12(21)25-7-10(20)11-4-3-5-26-11/h3-5H,6-7H2,1-2H3,(H,18,19,22). The number of aromatic amines is 1. The molecule has 0 aliphatic rings. The maximum atomic E-state index is 12.3. The van der Waals surface area contributed by atoms with E-state index < -0.39 is 24.1 Å². The minimum absolute atomic E-state index is 0.109. The smallest absolute Gasteiger partial charge is 0.348 e. The number of fused-ring (bicyclic) bond motifs is 1. The molecule has 1 N–H and O–H groups in total. The Labute approximate surface area is 160 Å². The van der Waals surface area contributed by atoms with Crippen LogP contribution in [0.4, 0.5) is 0 Å². The van der Waals surface area contributed by atoms with E-state index in [1.165, 1.54) is 18.4 Å². The van der Waals surface area contributed by atoms with Gasteiger partial charge in [-0.15, -0.1) is 22.7 Å². The van der Waals surface area contributed by atoms with E-state index in [4.69, 9.17) is 9.47 Å². The van der Waals surface area contributed by atoms with Gasteiger partial charge in [0, 0.05) is 5.56 Å². The number of aryl methyl sites for hydroxylation is 1. The molecule has 0 radical (unpaired) electrons. The van der Waals surface area contributed by atoms with Crippen molar-refractivity contribution in [3.8, 4) is 0 Å². The van der Waals surface area contributed by atoms with Crippen LogP contribution in [0.5, 0.6) is 0 Å². The Morgan fingerprint density at radius 2 is 2.07 bits per heavy atom. The Bertz CT molecular complexity index is 1080. The number of esters is 2. The van der Waals surface area contributed by atoms with Gasteiger partial charge in [-0.05, 0) is 18.4 Å². The van der Waals surface area contributed by atoms with E-state index in [1.54, 1.807) is 24.4 Å². The maximum absolute atomic E-state index is 12.3. The fraction of sp³-hybridized carbons (Fsp3) is 0.235. The molecule has 0 saturated carbocycles. The number of Topliss-reactive ketones (excluding diaryl/α,β-unsaturated/α-hetero) is 1. The van der Waals surface area contributed by atoms with Gasteiger partial charge < -0.3 is 14.5 Å². The molecule has 0 spiro atoms. The van der Waals surface area contributed by atoms with Gasteiger partial charge in [0.05, 0.1) is 23.8 Å². The normalized spacial score (nSPS) is 10.7. The summed E-state index contributed by atoms with van der Waals surface area (Å²) in [6, 6.07) is 3.36. The third-order valence-electron chi connectivity index (χ3n) is 3.63. The number of methoxy groups -OCH3 is 1. The van der Waals surface area contributed by atoms with E-state index in [0.29, 0.717) is 15.5 Å². The molecule has 0 fully saturated rings. The van der Waals surface area contributed by atoms with E-state index in [0.717, 1.165) is 11.3 Å². The van der Waals surface area contributed by atoms with E-state index in [-0.39, 0.29) is 28.0 Å². The Hall–Kier alpha value is -2.85. The quantitative estimate of drug-likeness (QED) is 0.492. The van der Waals surface area contributed by atoms with Crippen LogP contribution in [0.15, 0.2) is 22.3 Å². The van der Waals surface area contributed by atoms with Gasteiger partial charge in [-0.2, -0.15) is 0 Å². The molecule has 0 saturated heterocycles. The van der Waals surface area contributed by atoms with E-state index in [9.17, 15) is 19.2 Å². The van der Waals surface area contributed by atoms with Crippen LogP contribution in [-0.4, -0.2) is 41.4 Å². The zero-order valence-electron chi connectivity index (χ0n) is 14.4. The molecule has 0 aliphatic heterocycles.